The molecule has 6 nitrogen and oxygen atoms in total. The molecule has 2 aliphatic rings. The Morgan fingerprint density at radius 3 is 2.14 bits per heavy atom. The Balaban J connectivity index is 1.53. The van der Waals surface area contributed by atoms with Gasteiger partial charge in [-0.1, -0.05) is 30.3 Å². The molecule has 0 radical (unpaired) electrons. The molecule has 2 N–H and O–H groups in total. The Hall–Kier alpha value is -2.37. The van der Waals surface area contributed by atoms with Crippen LogP contribution < -0.4 is 5.73 Å². The second-order valence-corrected chi connectivity index (χ2v) is 5.84. The minimum atomic E-state index is -0.939. The number of nitrogens with zero attached hydrogens (tertiary/aromatic N) is 2. The van der Waals surface area contributed by atoms with Gasteiger partial charge in [0.1, 0.15) is 0 Å². The smallest absolute Gasteiger partial charge is 0.311 e. The fourth-order valence-corrected chi connectivity index (χ4v) is 3.06. The lowest BCUT2D eigenvalue weighted by Gasteiger charge is -2.34. The number of piperazine rings is 1. The topological polar surface area (TPSA) is 83.7 Å². The highest BCUT2D eigenvalue weighted by Crippen LogP contribution is 2.48. The molecule has 1 aromatic rings. The number of primary amides is 1. The van der Waals surface area contributed by atoms with Crippen molar-refractivity contribution in [1.29, 1.82) is 0 Å². The van der Waals surface area contributed by atoms with E-state index in [1.807, 2.05) is 18.2 Å². The van der Waals surface area contributed by atoms with Crippen molar-refractivity contribution in [2.24, 2.45) is 11.7 Å². The summed E-state index contributed by atoms with van der Waals surface area (Å²) in [6.07, 6.45) is 0.892. The monoisotopic (exact) mass is 301 g/mol. The maximum atomic E-state index is 12.5. The zero-order valence-corrected chi connectivity index (χ0v) is 12.3. The van der Waals surface area contributed by atoms with E-state index in [2.05, 4.69) is 12.1 Å². The Morgan fingerprint density at radius 2 is 1.55 bits per heavy atom. The van der Waals surface area contributed by atoms with Crippen LogP contribution in [0.3, 0.4) is 0 Å². The molecule has 0 unspecified atom stereocenters. The van der Waals surface area contributed by atoms with Crippen molar-refractivity contribution in [3.05, 3.63) is 35.9 Å². The van der Waals surface area contributed by atoms with Crippen LogP contribution in [-0.2, 0) is 14.4 Å². The maximum Gasteiger partial charge on any atom is 0.311 e. The van der Waals surface area contributed by atoms with Crippen molar-refractivity contribution in [3.63, 3.8) is 0 Å². The molecule has 0 aromatic heterocycles. The van der Waals surface area contributed by atoms with Gasteiger partial charge in [0.05, 0.1) is 0 Å². The highest BCUT2D eigenvalue weighted by molar-refractivity contribution is 6.34. The number of nitrogens with two attached hydrogens (primary N) is 1. The zero-order valence-electron chi connectivity index (χ0n) is 12.3. The third kappa shape index (κ3) is 2.81. The van der Waals surface area contributed by atoms with E-state index in [0.29, 0.717) is 32.1 Å². The Bertz CT molecular complexity index is 594. The molecule has 0 bridgehead atoms. The summed E-state index contributed by atoms with van der Waals surface area (Å²) in [5, 5.41) is 0. The van der Waals surface area contributed by atoms with Gasteiger partial charge in [-0.05, 0) is 17.9 Å². The average Bonchev–Trinajstić information content (AvgIpc) is 3.35. The first-order chi connectivity index (χ1) is 10.6. The van der Waals surface area contributed by atoms with Gasteiger partial charge in [-0.2, -0.15) is 0 Å². The highest BCUT2D eigenvalue weighted by Gasteiger charge is 2.46. The lowest BCUT2D eigenvalue weighted by molar-refractivity contribution is -0.147. The van der Waals surface area contributed by atoms with Crippen LogP contribution in [0.4, 0.5) is 0 Å². The molecule has 6 heteroatoms. The van der Waals surface area contributed by atoms with Crippen LogP contribution in [0.1, 0.15) is 17.9 Å². The fraction of sp³-hybridized carbons (Fsp3) is 0.438. The number of carbonyl (C=O) groups excluding carboxylic acids is 3. The molecule has 1 aliphatic carbocycles. The van der Waals surface area contributed by atoms with Gasteiger partial charge in [-0.15, -0.1) is 0 Å². The van der Waals surface area contributed by atoms with Crippen LogP contribution in [0.15, 0.2) is 30.3 Å². The standard InChI is InChI=1S/C16H19N3O3/c17-14(20)16(22)19-8-6-18(7-9-19)15(21)13-10-12(13)11-4-2-1-3-5-11/h1-5,12-13H,6-10H2,(H2,17,20)/t12-,13+/m0/s1. The first kappa shape index (κ1) is 14.6. The van der Waals surface area contributed by atoms with Gasteiger partial charge in [-0.25, -0.2) is 0 Å². The molecule has 1 aromatic carbocycles. The minimum Gasteiger partial charge on any atom is -0.361 e. The van der Waals surface area contributed by atoms with Gasteiger partial charge < -0.3 is 15.5 Å². The average molecular weight is 301 g/mol. The molecule has 2 atom stereocenters. The molecular weight excluding hydrogens is 282 g/mol. The van der Waals surface area contributed by atoms with E-state index in [1.165, 1.54) is 10.5 Å². The van der Waals surface area contributed by atoms with E-state index in [0.717, 1.165) is 6.42 Å². The van der Waals surface area contributed by atoms with E-state index in [1.54, 1.807) is 4.90 Å². The summed E-state index contributed by atoms with van der Waals surface area (Å²) in [7, 11) is 0. The predicted octanol–water partition coefficient (Wildman–Crippen LogP) is -0.0538. The molecule has 1 heterocycles. The van der Waals surface area contributed by atoms with Crippen LogP contribution in [-0.4, -0.2) is 53.7 Å². The van der Waals surface area contributed by atoms with Gasteiger partial charge in [0.2, 0.25) is 5.91 Å². The van der Waals surface area contributed by atoms with Gasteiger partial charge in [0.25, 0.3) is 0 Å². The lowest BCUT2D eigenvalue weighted by Crippen LogP contribution is -2.53. The summed E-state index contributed by atoms with van der Waals surface area (Å²) in [5.41, 5.74) is 6.20. The Labute approximate surface area is 128 Å². The normalized spacial score (nSPS) is 24.0. The zero-order chi connectivity index (χ0) is 15.7. The summed E-state index contributed by atoms with van der Waals surface area (Å²) in [6, 6.07) is 10.1. The number of amides is 3. The molecule has 1 saturated heterocycles. The maximum absolute atomic E-state index is 12.5. The van der Waals surface area contributed by atoms with E-state index >= 15 is 0 Å². The number of benzene rings is 1. The van der Waals surface area contributed by atoms with Gasteiger partial charge in [0.15, 0.2) is 0 Å². The van der Waals surface area contributed by atoms with Crippen LogP contribution in [0, 0.1) is 5.92 Å². The first-order valence-electron chi connectivity index (χ1n) is 7.50. The predicted molar refractivity (Wildman–Crippen MR) is 79.6 cm³/mol. The molecule has 22 heavy (non-hydrogen) atoms. The molecule has 1 aliphatic heterocycles. The first-order valence-corrected chi connectivity index (χ1v) is 7.50. The van der Waals surface area contributed by atoms with Crippen LogP contribution in [0.5, 0.6) is 0 Å². The second kappa shape index (κ2) is 5.79. The van der Waals surface area contributed by atoms with E-state index in [4.69, 9.17) is 5.73 Å². The quantitative estimate of drug-likeness (QED) is 0.777. The van der Waals surface area contributed by atoms with Crippen LogP contribution in [0.25, 0.3) is 0 Å². The summed E-state index contributed by atoms with van der Waals surface area (Å²) in [6.45, 7) is 1.68. The number of carbonyl (C=O) groups is 3. The Kier molecular flexibility index (Phi) is 3.83. The molecular formula is C16H19N3O3. The molecule has 3 rings (SSSR count). The van der Waals surface area contributed by atoms with Crippen LogP contribution >= 0.6 is 0 Å². The molecule has 116 valence electrons. The fourth-order valence-electron chi connectivity index (χ4n) is 3.06. The summed E-state index contributed by atoms with van der Waals surface area (Å²) in [4.78, 5) is 38.1. The van der Waals surface area contributed by atoms with E-state index in [9.17, 15) is 14.4 Å². The van der Waals surface area contributed by atoms with Gasteiger partial charge in [0, 0.05) is 32.1 Å². The second-order valence-electron chi connectivity index (χ2n) is 5.84. The summed E-state index contributed by atoms with van der Waals surface area (Å²) >= 11 is 0. The van der Waals surface area contributed by atoms with Crippen molar-refractivity contribution in [3.8, 4) is 0 Å². The van der Waals surface area contributed by atoms with Crippen molar-refractivity contribution in [2.75, 3.05) is 26.2 Å². The third-order valence-corrected chi connectivity index (χ3v) is 4.42. The van der Waals surface area contributed by atoms with Crippen molar-refractivity contribution >= 4 is 17.7 Å². The van der Waals surface area contributed by atoms with E-state index < -0.39 is 11.8 Å². The molecule has 3 amide bonds. The molecule has 0 spiro atoms. The van der Waals surface area contributed by atoms with Crippen LogP contribution in [0.2, 0.25) is 0 Å². The van der Waals surface area contributed by atoms with Crippen molar-refractivity contribution in [1.82, 2.24) is 9.80 Å². The summed E-state index contributed by atoms with van der Waals surface area (Å²) < 4.78 is 0. The van der Waals surface area contributed by atoms with Crippen molar-refractivity contribution < 1.29 is 14.4 Å². The minimum absolute atomic E-state index is 0.0563. The van der Waals surface area contributed by atoms with Gasteiger partial charge in [-0.3, -0.25) is 14.4 Å². The van der Waals surface area contributed by atoms with Crippen molar-refractivity contribution in [2.45, 2.75) is 12.3 Å². The number of hydrogen-bond donors (Lipinski definition) is 1. The largest absolute Gasteiger partial charge is 0.361 e. The summed E-state index contributed by atoms with van der Waals surface area (Å²) in [5.74, 6) is -1.08. The molecule has 2 fully saturated rings. The van der Waals surface area contributed by atoms with E-state index in [-0.39, 0.29) is 11.8 Å². The SMILES string of the molecule is NC(=O)C(=O)N1CCN(C(=O)[C@@H]2C[C@H]2c2ccccc2)CC1. The molecule has 1 saturated carbocycles. The number of hydrogen-bond acceptors (Lipinski definition) is 3. The van der Waals surface area contributed by atoms with Gasteiger partial charge >= 0.3 is 11.8 Å². The third-order valence-electron chi connectivity index (χ3n) is 4.42. The highest BCUT2D eigenvalue weighted by atomic mass is 16.2. The lowest BCUT2D eigenvalue weighted by atomic mass is 10.1. The Morgan fingerprint density at radius 1 is 0.955 bits per heavy atom. The number of rotatable bonds is 2.